The zero-order chi connectivity index (χ0) is 15.2. The molecule has 0 amide bonds. The highest BCUT2D eigenvalue weighted by Crippen LogP contribution is 2.22. The van der Waals surface area contributed by atoms with Gasteiger partial charge in [-0.3, -0.25) is 9.59 Å². The molecule has 0 saturated carbocycles. The van der Waals surface area contributed by atoms with E-state index in [4.69, 9.17) is 4.74 Å². The molecule has 21 heavy (non-hydrogen) atoms. The number of ether oxygens (including phenoxy) is 1. The monoisotopic (exact) mass is 280 g/mol. The number of hydrogen-bond acceptors (Lipinski definition) is 3. The molecule has 2 aromatic rings. The van der Waals surface area contributed by atoms with Crippen molar-refractivity contribution in [3.05, 3.63) is 71.3 Å². The van der Waals surface area contributed by atoms with Gasteiger partial charge in [-0.1, -0.05) is 48.5 Å². The number of carbonyl (C=O) groups excluding carboxylic acids is 2. The predicted molar refractivity (Wildman–Crippen MR) is 82.4 cm³/mol. The van der Waals surface area contributed by atoms with Gasteiger partial charge in [-0.05, 0) is 19.1 Å². The lowest BCUT2D eigenvalue weighted by molar-refractivity contribution is -0.113. The molecule has 0 spiro atoms. The number of ketones is 2. The number of carbonyl (C=O) groups is 2. The van der Waals surface area contributed by atoms with E-state index in [0.29, 0.717) is 16.9 Å². The number of Topliss-reactive ketones (excluding diaryl/α,β-unsaturated/α-hetero) is 2. The van der Waals surface area contributed by atoms with Crippen molar-refractivity contribution in [3.63, 3.8) is 0 Å². The summed E-state index contributed by atoms with van der Waals surface area (Å²) in [6.07, 6.45) is 1.58. The van der Waals surface area contributed by atoms with E-state index in [0.717, 1.165) is 0 Å². The first kappa shape index (κ1) is 14.7. The van der Waals surface area contributed by atoms with Gasteiger partial charge in [0.1, 0.15) is 5.75 Å². The van der Waals surface area contributed by atoms with Crippen LogP contribution in [0.2, 0.25) is 0 Å². The SMILES string of the molecule is COc1ccccc1/C=C(/C(C)=O)C(=O)c1ccccc1. The number of rotatable bonds is 5. The summed E-state index contributed by atoms with van der Waals surface area (Å²) in [6.45, 7) is 1.39. The van der Waals surface area contributed by atoms with Crippen LogP contribution in [-0.2, 0) is 4.79 Å². The Hall–Kier alpha value is -2.68. The summed E-state index contributed by atoms with van der Waals surface area (Å²) in [4.78, 5) is 24.3. The fourth-order valence-corrected chi connectivity index (χ4v) is 2.01. The zero-order valence-corrected chi connectivity index (χ0v) is 12.0. The van der Waals surface area contributed by atoms with Gasteiger partial charge in [0.05, 0.1) is 12.7 Å². The van der Waals surface area contributed by atoms with Gasteiger partial charge in [-0.25, -0.2) is 0 Å². The predicted octanol–water partition coefficient (Wildman–Crippen LogP) is 3.55. The van der Waals surface area contributed by atoms with Crippen LogP contribution in [0.1, 0.15) is 22.8 Å². The topological polar surface area (TPSA) is 43.4 Å². The van der Waals surface area contributed by atoms with E-state index in [1.165, 1.54) is 6.92 Å². The molecule has 2 aromatic carbocycles. The van der Waals surface area contributed by atoms with E-state index in [9.17, 15) is 9.59 Å². The molecule has 0 aliphatic rings. The molecule has 2 rings (SSSR count). The van der Waals surface area contributed by atoms with Crippen molar-refractivity contribution in [3.8, 4) is 5.75 Å². The Bertz CT molecular complexity index is 685. The maximum absolute atomic E-state index is 12.5. The number of methoxy groups -OCH3 is 1. The van der Waals surface area contributed by atoms with Crippen LogP contribution in [0.4, 0.5) is 0 Å². The molecule has 0 atom stereocenters. The van der Waals surface area contributed by atoms with E-state index in [1.54, 1.807) is 49.6 Å². The van der Waals surface area contributed by atoms with Gasteiger partial charge in [-0.15, -0.1) is 0 Å². The number of hydrogen-bond donors (Lipinski definition) is 0. The summed E-state index contributed by atoms with van der Waals surface area (Å²) < 4.78 is 5.24. The van der Waals surface area contributed by atoms with Crippen LogP contribution in [-0.4, -0.2) is 18.7 Å². The molecule has 0 bridgehead atoms. The van der Waals surface area contributed by atoms with Crippen LogP contribution >= 0.6 is 0 Å². The van der Waals surface area contributed by atoms with Crippen molar-refractivity contribution >= 4 is 17.6 Å². The van der Waals surface area contributed by atoms with Crippen LogP contribution in [0.25, 0.3) is 6.08 Å². The molecule has 0 N–H and O–H groups in total. The fourth-order valence-electron chi connectivity index (χ4n) is 2.01. The number of allylic oxidation sites excluding steroid dienone is 1. The second kappa shape index (κ2) is 6.66. The Morgan fingerprint density at radius 3 is 2.19 bits per heavy atom. The van der Waals surface area contributed by atoms with E-state index in [2.05, 4.69) is 0 Å². The number of para-hydroxylation sites is 1. The molecule has 0 fully saturated rings. The average Bonchev–Trinajstić information content (AvgIpc) is 2.53. The maximum atomic E-state index is 12.5. The summed E-state index contributed by atoms with van der Waals surface area (Å²) in [5, 5.41) is 0. The van der Waals surface area contributed by atoms with Crippen LogP contribution in [0.5, 0.6) is 5.75 Å². The second-order valence-corrected chi connectivity index (χ2v) is 4.55. The standard InChI is InChI=1S/C18H16O3/c1-13(19)16(18(20)14-8-4-3-5-9-14)12-15-10-6-7-11-17(15)21-2/h3-12H,1-2H3/b16-12-. The molecule has 0 unspecified atom stereocenters. The van der Waals surface area contributed by atoms with E-state index in [-0.39, 0.29) is 17.1 Å². The van der Waals surface area contributed by atoms with E-state index < -0.39 is 0 Å². The molecule has 0 saturated heterocycles. The van der Waals surface area contributed by atoms with Crippen LogP contribution < -0.4 is 4.74 Å². The lowest BCUT2D eigenvalue weighted by atomic mass is 9.98. The van der Waals surface area contributed by atoms with Crippen LogP contribution in [0, 0.1) is 0 Å². The Morgan fingerprint density at radius 2 is 1.57 bits per heavy atom. The van der Waals surface area contributed by atoms with Crippen LogP contribution in [0.3, 0.4) is 0 Å². The molecule has 0 aromatic heterocycles. The van der Waals surface area contributed by atoms with E-state index in [1.807, 2.05) is 18.2 Å². The molecule has 0 radical (unpaired) electrons. The first-order valence-electron chi connectivity index (χ1n) is 6.59. The van der Waals surface area contributed by atoms with Gasteiger partial charge in [0, 0.05) is 11.1 Å². The highest BCUT2D eigenvalue weighted by molar-refractivity contribution is 6.28. The molecule has 3 heteroatoms. The lowest BCUT2D eigenvalue weighted by Gasteiger charge is -2.07. The van der Waals surface area contributed by atoms with Crippen molar-refractivity contribution in [1.82, 2.24) is 0 Å². The molecule has 106 valence electrons. The Morgan fingerprint density at radius 1 is 0.952 bits per heavy atom. The summed E-state index contributed by atoms with van der Waals surface area (Å²) in [7, 11) is 1.55. The van der Waals surface area contributed by atoms with Crippen LogP contribution in [0.15, 0.2) is 60.2 Å². The highest BCUT2D eigenvalue weighted by atomic mass is 16.5. The van der Waals surface area contributed by atoms with Gasteiger partial charge in [0.15, 0.2) is 11.6 Å². The zero-order valence-electron chi connectivity index (χ0n) is 12.0. The first-order valence-corrected chi connectivity index (χ1v) is 6.59. The molecule has 0 aliphatic heterocycles. The minimum Gasteiger partial charge on any atom is -0.496 e. The molecule has 0 aliphatic carbocycles. The minimum atomic E-state index is -0.283. The highest BCUT2D eigenvalue weighted by Gasteiger charge is 2.17. The van der Waals surface area contributed by atoms with Gasteiger partial charge in [0.2, 0.25) is 0 Å². The van der Waals surface area contributed by atoms with Gasteiger partial charge in [-0.2, -0.15) is 0 Å². The van der Waals surface area contributed by atoms with Crippen molar-refractivity contribution in [1.29, 1.82) is 0 Å². The minimum absolute atomic E-state index is 0.144. The number of benzene rings is 2. The summed E-state index contributed by atoms with van der Waals surface area (Å²) in [5.74, 6) is 0.0703. The Balaban J connectivity index is 2.47. The normalized spacial score (nSPS) is 11.0. The quantitative estimate of drug-likeness (QED) is 0.364. The van der Waals surface area contributed by atoms with Crippen molar-refractivity contribution in [2.24, 2.45) is 0 Å². The molecule has 0 heterocycles. The van der Waals surface area contributed by atoms with Gasteiger partial charge >= 0.3 is 0 Å². The van der Waals surface area contributed by atoms with Gasteiger partial charge in [0.25, 0.3) is 0 Å². The Labute approximate surface area is 123 Å². The summed E-state index contributed by atoms with van der Waals surface area (Å²) >= 11 is 0. The van der Waals surface area contributed by atoms with Gasteiger partial charge < -0.3 is 4.74 Å². The largest absolute Gasteiger partial charge is 0.496 e. The molecule has 3 nitrogen and oxygen atoms in total. The lowest BCUT2D eigenvalue weighted by Crippen LogP contribution is -2.10. The maximum Gasteiger partial charge on any atom is 0.196 e. The van der Waals surface area contributed by atoms with Crippen molar-refractivity contribution in [2.75, 3.05) is 7.11 Å². The third-order valence-electron chi connectivity index (χ3n) is 3.10. The fraction of sp³-hybridized carbons (Fsp3) is 0.111. The average molecular weight is 280 g/mol. The summed E-state index contributed by atoms with van der Waals surface area (Å²) in [5.41, 5.74) is 1.34. The molecular weight excluding hydrogens is 264 g/mol. The second-order valence-electron chi connectivity index (χ2n) is 4.55. The first-order chi connectivity index (χ1) is 10.1. The summed E-state index contributed by atoms with van der Waals surface area (Å²) in [6, 6.07) is 16.0. The van der Waals surface area contributed by atoms with E-state index >= 15 is 0 Å². The third kappa shape index (κ3) is 3.45. The molecular formula is C18H16O3. The Kier molecular flexibility index (Phi) is 4.67. The smallest absolute Gasteiger partial charge is 0.196 e. The van der Waals surface area contributed by atoms with Crippen molar-refractivity contribution < 1.29 is 14.3 Å². The van der Waals surface area contributed by atoms with Crippen molar-refractivity contribution in [2.45, 2.75) is 6.92 Å². The third-order valence-corrected chi connectivity index (χ3v) is 3.10.